The van der Waals surface area contributed by atoms with Gasteiger partial charge in [0.25, 0.3) is 5.56 Å². The molecule has 0 aliphatic heterocycles. The van der Waals surface area contributed by atoms with Gasteiger partial charge in [-0.1, -0.05) is 17.8 Å². The van der Waals surface area contributed by atoms with Gasteiger partial charge in [-0.25, -0.2) is 9.97 Å². The quantitative estimate of drug-likeness (QED) is 0.393. The summed E-state index contributed by atoms with van der Waals surface area (Å²) in [6.07, 6.45) is 0. The topological polar surface area (TPSA) is 60.9 Å². The van der Waals surface area contributed by atoms with E-state index in [2.05, 4.69) is 9.97 Å². The van der Waals surface area contributed by atoms with Crippen molar-refractivity contribution < 1.29 is 4.42 Å². The van der Waals surface area contributed by atoms with Crippen LogP contribution in [0.25, 0.3) is 21.0 Å². The minimum absolute atomic E-state index is 0.0140. The van der Waals surface area contributed by atoms with Crippen molar-refractivity contribution in [2.24, 2.45) is 7.05 Å². The van der Waals surface area contributed by atoms with Gasteiger partial charge in [0.2, 0.25) is 5.89 Å². The van der Waals surface area contributed by atoms with Crippen LogP contribution in [0.2, 0.25) is 0 Å². The molecule has 0 saturated heterocycles. The maximum absolute atomic E-state index is 12.3. The maximum Gasteiger partial charge on any atom is 0.262 e. The van der Waals surface area contributed by atoms with Crippen molar-refractivity contribution in [3.05, 3.63) is 50.8 Å². The van der Waals surface area contributed by atoms with Crippen LogP contribution in [-0.2, 0) is 12.8 Å². The Morgan fingerprint density at radius 3 is 2.92 bits per heavy atom. The Hall–Kier alpha value is -1.90. The molecule has 4 aromatic heterocycles. The average molecular weight is 376 g/mol. The van der Waals surface area contributed by atoms with E-state index in [1.807, 2.05) is 35.9 Å². The summed E-state index contributed by atoms with van der Waals surface area (Å²) in [5.41, 5.74) is 0.865. The molecule has 4 rings (SSSR count). The number of fused-ring (bicyclic) bond motifs is 1. The Morgan fingerprint density at radius 1 is 1.25 bits per heavy atom. The second-order valence-corrected chi connectivity index (χ2v) is 7.97. The largest absolute Gasteiger partial charge is 0.440 e. The molecule has 0 amide bonds. The number of aromatic nitrogens is 3. The summed E-state index contributed by atoms with van der Waals surface area (Å²) >= 11 is 4.58. The second kappa shape index (κ2) is 6.19. The highest BCUT2D eigenvalue weighted by atomic mass is 32.2. The molecule has 0 N–H and O–H groups in total. The molecular formula is C16H13N3O2S3. The molecule has 0 aromatic carbocycles. The van der Waals surface area contributed by atoms with E-state index in [9.17, 15) is 4.79 Å². The molecule has 0 unspecified atom stereocenters. The fourth-order valence-electron chi connectivity index (χ4n) is 2.31. The number of rotatable bonds is 4. The fraction of sp³-hybridized carbons (Fsp3) is 0.188. The molecule has 24 heavy (non-hydrogen) atoms. The number of nitrogens with zero attached hydrogens (tertiary/aromatic N) is 3. The summed E-state index contributed by atoms with van der Waals surface area (Å²) in [5, 5.41) is 5.25. The van der Waals surface area contributed by atoms with Gasteiger partial charge in [-0.3, -0.25) is 9.36 Å². The Balaban J connectivity index is 1.61. The van der Waals surface area contributed by atoms with Crippen molar-refractivity contribution in [3.8, 4) is 10.8 Å². The van der Waals surface area contributed by atoms with Crippen LogP contribution in [0, 0.1) is 6.92 Å². The van der Waals surface area contributed by atoms with Gasteiger partial charge < -0.3 is 4.42 Å². The van der Waals surface area contributed by atoms with Crippen LogP contribution in [0.3, 0.4) is 0 Å². The van der Waals surface area contributed by atoms with Gasteiger partial charge in [-0.15, -0.1) is 22.7 Å². The van der Waals surface area contributed by atoms with E-state index in [0.29, 0.717) is 22.2 Å². The molecule has 0 fully saturated rings. The number of hydrogen-bond donors (Lipinski definition) is 0. The standard InChI is InChI=1S/C16H13N3O2S3/c1-9-11(17-13(21-9)12-4-3-6-22-12)8-24-16-18-14-10(5-7-23-14)15(20)19(16)2/h3-7H,8H2,1-2H3. The molecular weight excluding hydrogens is 362 g/mol. The minimum atomic E-state index is -0.0140. The van der Waals surface area contributed by atoms with Crippen LogP contribution < -0.4 is 5.56 Å². The number of thiophene rings is 2. The fourth-order valence-corrected chi connectivity index (χ4v) is 4.74. The second-order valence-electron chi connectivity index (χ2n) is 5.19. The predicted octanol–water partition coefficient (Wildman–Crippen LogP) is 4.31. The Labute approximate surface area is 150 Å². The molecule has 8 heteroatoms. The zero-order chi connectivity index (χ0) is 16.7. The van der Waals surface area contributed by atoms with E-state index in [0.717, 1.165) is 21.2 Å². The third-order valence-corrected chi connectivity index (χ3v) is 6.33. The number of hydrogen-bond acceptors (Lipinski definition) is 7. The van der Waals surface area contributed by atoms with Crippen LogP contribution in [-0.4, -0.2) is 14.5 Å². The molecule has 122 valence electrons. The van der Waals surface area contributed by atoms with Gasteiger partial charge in [0.15, 0.2) is 5.16 Å². The summed E-state index contributed by atoms with van der Waals surface area (Å²) in [5.74, 6) is 2.06. The highest BCUT2D eigenvalue weighted by Crippen LogP contribution is 2.29. The molecule has 0 aliphatic carbocycles. The Morgan fingerprint density at radius 2 is 2.12 bits per heavy atom. The van der Waals surface area contributed by atoms with Crippen LogP contribution in [0.5, 0.6) is 0 Å². The molecule has 0 atom stereocenters. The van der Waals surface area contributed by atoms with E-state index < -0.39 is 0 Å². The van der Waals surface area contributed by atoms with E-state index in [4.69, 9.17) is 4.42 Å². The molecule has 4 heterocycles. The van der Waals surface area contributed by atoms with E-state index in [1.165, 1.54) is 23.1 Å². The normalized spacial score (nSPS) is 11.4. The first kappa shape index (κ1) is 15.6. The lowest BCUT2D eigenvalue weighted by Gasteiger charge is -2.05. The third-order valence-electron chi connectivity index (χ3n) is 3.63. The SMILES string of the molecule is Cc1oc(-c2cccs2)nc1CSc1nc2sccc2c(=O)n1C. The van der Waals surface area contributed by atoms with Gasteiger partial charge in [0.05, 0.1) is 16.0 Å². The highest BCUT2D eigenvalue weighted by Gasteiger charge is 2.15. The van der Waals surface area contributed by atoms with Crippen molar-refractivity contribution in [1.82, 2.24) is 14.5 Å². The smallest absolute Gasteiger partial charge is 0.262 e. The molecule has 0 aliphatic rings. The van der Waals surface area contributed by atoms with Crippen molar-refractivity contribution >= 4 is 44.7 Å². The molecule has 0 saturated carbocycles. The lowest BCUT2D eigenvalue weighted by molar-refractivity contribution is 0.542. The zero-order valence-electron chi connectivity index (χ0n) is 13.0. The number of oxazole rings is 1. The van der Waals surface area contributed by atoms with Crippen LogP contribution in [0.15, 0.2) is 43.3 Å². The number of aryl methyl sites for hydroxylation is 1. The van der Waals surface area contributed by atoms with Crippen LogP contribution >= 0.6 is 34.4 Å². The summed E-state index contributed by atoms with van der Waals surface area (Å²) in [4.78, 5) is 23.3. The van der Waals surface area contributed by atoms with Gasteiger partial charge in [0, 0.05) is 12.8 Å². The zero-order valence-corrected chi connectivity index (χ0v) is 15.4. The molecule has 4 aromatic rings. The first-order valence-corrected chi connectivity index (χ1v) is 9.95. The van der Waals surface area contributed by atoms with Gasteiger partial charge >= 0.3 is 0 Å². The third kappa shape index (κ3) is 2.70. The summed E-state index contributed by atoms with van der Waals surface area (Å²) < 4.78 is 7.35. The minimum Gasteiger partial charge on any atom is -0.440 e. The van der Waals surface area contributed by atoms with Gasteiger partial charge in [0.1, 0.15) is 10.6 Å². The van der Waals surface area contributed by atoms with Crippen molar-refractivity contribution in [3.63, 3.8) is 0 Å². The molecule has 0 bridgehead atoms. The van der Waals surface area contributed by atoms with Crippen LogP contribution in [0.4, 0.5) is 0 Å². The Kier molecular flexibility index (Phi) is 4.03. The number of thioether (sulfide) groups is 1. The van der Waals surface area contributed by atoms with E-state index in [1.54, 1.807) is 23.0 Å². The summed E-state index contributed by atoms with van der Waals surface area (Å²) in [7, 11) is 1.75. The van der Waals surface area contributed by atoms with E-state index >= 15 is 0 Å². The molecule has 0 spiro atoms. The summed E-state index contributed by atoms with van der Waals surface area (Å²) in [6, 6.07) is 5.78. The predicted molar refractivity (Wildman–Crippen MR) is 99.0 cm³/mol. The van der Waals surface area contributed by atoms with Crippen molar-refractivity contribution in [1.29, 1.82) is 0 Å². The van der Waals surface area contributed by atoms with Crippen LogP contribution in [0.1, 0.15) is 11.5 Å². The first-order valence-electron chi connectivity index (χ1n) is 7.20. The van der Waals surface area contributed by atoms with Gasteiger partial charge in [-0.05, 0) is 29.8 Å². The van der Waals surface area contributed by atoms with Crippen molar-refractivity contribution in [2.45, 2.75) is 17.8 Å². The lowest BCUT2D eigenvalue weighted by Crippen LogP contribution is -2.19. The average Bonchev–Trinajstić information content (AvgIpc) is 3.30. The molecule has 5 nitrogen and oxygen atoms in total. The van der Waals surface area contributed by atoms with E-state index in [-0.39, 0.29) is 5.56 Å². The van der Waals surface area contributed by atoms with Crippen molar-refractivity contribution in [2.75, 3.05) is 0 Å². The monoisotopic (exact) mass is 375 g/mol. The first-order chi connectivity index (χ1) is 11.6. The highest BCUT2D eigenvalue weighted by molar-refractivity contribution is 7.98. The van der Waals surface area contributed by atoms with Gasteiger partial charge in [-0.2, -0.15) is 0 Å². The Bertz CT molecular complexity index is 1060. The lowest BCUT2D eigenvalue weighted by atomic mass is 10.4. The molecule has 0 radical (unpaired) electrons. The maximum atomic E-state index is 12.3. The summed E-state index contributed by atoms with van der Waals surface area (Å²) in [6.45, 7) is 1.91.